The Morgan fingerprint density at radius 2 is 2.20 bits per heavy atom. The lowest BCUT2D eigenvalue weighted by atomic mass is 10.0. The SMILES string of the molecule is COC1(C(=O)O)CCN(Cc2cc(Cl)cc(Cl)c2O)C1. The lowest BCUT2D eigenvalue weighted by molar-refractivity contribution is -0.160. The Morgan fingerprint density at radius 1 is 1.50 bits per heavy atom. The van der Waals surface area contributed by atoms with Gasteiger partial charge in [0.25, 0.3) is 0 Å². The van der Waals surface area contributed by atoms with Crippen molar-refractivity contribution in [3.8, 4) is 5.75 Å². The number of phenolic OH excluding ortho intramolecular Hbond substituents is 1. The number of hydrogen-bond donors (Lipinski definition) is 2. The second-order valence-corrected chi connectivity index (χ2v) is 5.70. The molecular weight excluding hydrogens is 305 g/mol. The van der Waals surface area contributed by atoms with Gasteiger partial charge in [-0.05, 0) is 12.1 Å². The van der Waals surface area contributed by atoms with Crippen LogP contribution < -0.4 is 0 Å². The quantitative estimate of drug-likeness (QED) is 0.891. The fraction of sp³-hybridized carbons (Fsp3) is 0.462. The molecule has 1 saturated heterocycles. The van der Waals surface area contributed by atoms with Gasteiger partial charge in [0.2, 0.25) is 0 Å². The molecule has 1 unspecified atom stereocenters. The van der Waals surface area contributed by atoms with Gasteiger partial charge in [-0.2, -0.15) is 0 Å². The van der Waals surface area contributed by atoms with Crippen molar-refractivity contribution in [2.75, 3.05) is 20.2 Å². The van der Waals surface area contributed by atoms with Gasteiger partial charge in [-0.25, -0.2) is 4.79 Å². The molecule has 1 aromatic rings. The number of carboxylic acids is 1. The summed E-state index contributed by atoms with van der Waals surface area (Å²) in [5.74, 6) is -1.00. The first-order valence-corrected chi connectivity index (χ1v) is 6.81. The number of rotatable bonds is 4. The van der Waals surface area contributed by atoms with Gasteiger partial charge in [-0.1, -0.05) is 23.2 Å². The zero-order valence-corrected chi connectivity index (χ0v) is 12.4. The van der Waals surface area contributed by atoms with Crippen LogP contribution in [0.15, 0.2) is 12.1 Å². The minimum Gasteiger partial charge on any atom is -0.506 e. The molecule has 0 aromatic heterocycles. The Hall–Kier alpha value is -1.01. The maximum absolute atomic E-state index is 11.3. The van der Waals surface area contributed by atoms with E-state index in [1.807, 2.05) is 4.90 Å². The van der Waals surface area contributed by atoms with E-state index in [-0.39, 0.29) is 17.3 Å². The monoisotopic (exact) mass is 319 g/mol. The third kappa shape index (κ3) is 2.86. The van der Waals surface area contributed by atoms with Crippen molar-refractivity contribution in [1.29, 1.82) is 0 Å². The molecule has 2 N–H and O–H groups in total. The molecule has 0 spiro atoms. The lowest BCUT2D eigenvalue weighted by Gasteiger charge is -2.23. The minimum absolute atomic E-state index is 0.0266. The van der Waals surface area contributed by atoms with Crippen LogP contribution in [-0.2, 0) is 16.1 Å². The predicted octanol–water partition coefficient (Wildman–Crippen LogP) is 2.37. The van der Waals surface area contributed by atoms with Gasteiger partial charge in [0.1, 0.15) is 5.75 Å². The number of likely N-dealkylation sites (tertiary alicyclic amines) is 1. The average molecular weight is 320 g/mol. The van der Waals surface area contributed by atoms with Crippen LogP contribution in [0.5, 0.6) is 5.75 Å². The first kappa shape index (κ1) is 15.4. The highest BCUT2D eigenvalue weighted by molar-refractivity contribution is 6.35. The van der Waals surface area contributed by atoms with Crippen molar-refractivity contribution in [1.82, 2.24) is 4.90 Å². The molecule has 0 bridgehead atoms. The van der Waals surface area contributed by atoms with E-state index in [0.717, 1.165) is 0 Å². The van der Waals surface area contributed by atoms with Crippen LogP contribution in [0.25, 0.3) is 0 Å². The third-order valence-electron chi connectivity index (χ3n) is 3.59. The number of nitrogens with zero attached hydrogens (tertiary/aromatic N) is 1. The second kappa shape index (κ2) is 5.77. The fourth-order valence-corrected chi connectivity index (χ4v) is 2.94. The van der Waals surface area contributed by atoms with E-state index in [9.17, 15) is 15.0 Å². The van der Waals surface area contributed by atoms with Gasteiger partial charge in [-0.15, -0.1) is 0 Å². The first-order chi connectivity index (χ1) is 9.38. The zero-order chi connectivity index (χ0) is 14.9. The first-order valence-electron chi connectivity index (χ1n) is 6.06. The van der Waals surface area contributed by atoms with Gasteiger partial charge in [0.15, 0.2) is 5.60 Å². The maximum Gasteiger partial charge on any atom is 0.337 e. The number of benzene rings is 1. The molecule has 110 valence electrons. The number of aliphatic carboxylic acids is 1. The van der Waals surface area contributed by atoms with E-state index >= 15 is 0 Å². The predicted molar refractivity (Wildman–Crippen MR) is 75.4 cm³/mol. The maximum atomic E-state index is 11.3. The molecule has 1 aliphatic rings. The smallest absolute Gasteiger partial charge is 0.337 e. The topological polar surface area (TPSA) is 70.0 Å². The molecule has 1 atom stereocenters. The number of carboxylic acid groups (broad SMARTS) is 1. The molecule has 0 radical (unpaired) electrons. The van der Waals surface area contributed by atoms with Gasteiger partial charge < -0.3 is 14.9 Å². The van der Waals surface area contributed by atoms with Crippen molar-refractivity contribution in [3.63, 3.8) is 0 Å². The summed E-state index contributed by atoms with van der Waals surface area (Å²) in [6, 6.07) is 3.08. The molecule has 5 nitrogen and oxygen atoms in total. The van der Waals surface area contributed by atoms with Crippen molar-refractivity contribution in [2.24, 2.45) is 0 Å². The van der Waals surface area contributed by atoms with Crippen LogP contribution in [0.4, 0.5) is 0 Å². The summed E-state index contributed by atoms with van der Waals surface area (Å²) in [4.78, 5) is 13.2. The van der Waals surface area contributed by atoms with Crippen LogP contribution in [0, 0.1) is 0 Å². The van der Waals surface area contributed by atoms with E-state index in [0.29, 0.717) is 30.1 Å². The number of hydrogen-bond acceptors (Lipinski definition) is 4. The van der Waals surface area contributed by atoms with Crippen molar-refractivity contribution in [3.05, 3.63) is 27.7 Å². The number of aromatic hydroxyl groups is 1. The largest absolute Gasteiger partial charge is 0.506 e. The average Bonchev–Trinajstić information content (AvgIpc) is 2.80. The molecular formula is C13H15Cl2NO4. The van der Waals surface area contributed by atoms with E-state index < -0.39 is 11.6 Å². The molecule has 0 saturated carbocycles. The molecule has 0 aliphatic carbocycles. The molecule has 1 heterocycles. The van der Waals surface area contributed by atoms with E-state index in [1.54, 1.807) is 6.07 Å². The summed E-state index contributed by atoms with van der Waals surface area (Å²) in [5, 5.41) is 19.8. The van der Waals surface area contributed by atoms with Gasteiger partial charge >= 0.3 is 5.97 Å². The van der Waals surface area contributed by atoms with Crippen molar-refractivity contribution >= 4 is 29.2 Å². The highest BCUT2D eigenvalue weighted by Gasteiger charge is 2.45. The number of carbonyl (C=O) groups is 1. The summed E-state index contributed by atoms with van der Waals surface area (Å²) < 4.78 is 5.15. The Labute approximate surface area is 126 Å². The van der Waals surface area contributed by atoms with Crippen LogP contribution in [0.1, 0.15) is 12.0 Å². The van der Waals surface area contributed by atoms with Gasteiger partial charge in [-0.3, -0.25) is 4.90 Å². The Balaban J connectivity index is 2.15. The lowest BCUT2D eigenvalue weighted by Crippen LogP contribution is -2.43. The number of methoxy groups -OCH3 is 1. The second-order valence-electron chi connectivity index (χ2n) is 4.86. The highest BCUT2D eigenvalue weighted by atomic mass is 35.5. The summed E-state index contributed by atoms with van der Waals surface area (Å²) >= 11 is 11.8. The van der Waals surface area contributed by atoms with Crippen LogP contribution >= 0.6 is 23.2 Å². The van der Waals surface area contributed by atoms with E-state index in [1.165, 1.54) is 13.2 Å². The summed E-state index contributed by atoms with van der Waals surface area (Å²) in [6.45, 7) is 1.18. The minimum atomic E-state index is -1.18. The Kier molecular flexibility index (Phi) is 4.44. The molecule has 20 heavy (non-hydrogen) atoms. The normalized spacial score (nSPS) is 23.1. The van der Waals surface area contributed by atoms with E-state index in [4.69, 9.17) is 27.9 Å². The number of halogens is 2. The van der Waals surface area contributed by atoms with Crippen molar-refractivity contribution < 1.29 is 19.7 Å². The van der Waals surface area contributed by atoms with Crippen molar-refractivity contribution in [2.45, 2.75) is 18.6 Å². The number of ether oxygens (including phenoxy) is 1. The van der Waals surface area contributed by atoms with E-state index in [2.05, 4.69) is 0 Å². The molecule has 1 aromatic carbocycles. The Bertz CT molecular complexity index is 537. The summed E-state index contributed by atoms with van der Waals surface area (Å²) in [6.07, 6.45) is 0.397. The highest BCUT2D eigenvalue weighted by Crippen LogP contribution is 2.34. The molecule has 7 heteroatoms. The van der Waals surface area contributed by atoms with Crippen LogP contribution in [0.2, 0.25) is 10.0 Å². The fourth-order valence-electron chi connectivity index (χ4n) is 2.40. The van der Waals surface area contributed by atoms with Gasteiger partial charge in [0.05, 0.1) is 5.02 Å². The van der Waals surface area contributed by atoms with Crippen LogP contribution in [0.3, 0.4) is 0 Å². The zero-order valence-electron chi connectivity index (χ0n) is 10.9. The summed E-state index contributed by atoms with van der Waals surface area (Å²) in [7, 11) is 1.39. The van der Waals surface area contributed by atoms with Gasteiger partial charge in [0, 0.05) is 43.8 Å². The van der Waals surface area contributed by atoms with Crippen LogP contribution in [-0.4, -0.2) is 46.9 Å². The standard InChI is InChI=1S/C13H15Cl2NO4/c1-20-13(12(18)19)2-3-16(7-13)6-8-4-9(14)5-10(15)11(8)17/h4-5,17H,2-3,6-7H2,1H3,(H,18,19). The molecule has 1 aliphatic heterocycles. The number of phenols is 1. The summed E-state index contributed by atoms with van der Waals surface area (Å²) in [5.41, 5.74) is -0.613. The Morgan fingerprint density at radius 3 is 2.75 bits per heavy atom. The molecule has 2 rings (SSSR count). The molecule has 1 fully saturated rings. The third-order valence-corrected chi connectivity index (χ3v) is 4.10. The molecule has 0 amide bonds.